The highest BCUT2D eigenvalue weighted by Crippen LogP contribution is 2.32. The Morgan fingerprint density at radius 2 is 1.64 bits per heavy atom. The molecule has 0 spiro atoms. The normalized spacial score (nSPS) is 22.2. The molecule has 2 fully saturated rings. The molecule has 9 heteroatoms. The van der Waals surface area contributed by atoms with Crippen LogP contribution in [0, 0.1) is 0 Å². The second kappa shape index (κ2) is 11.1. The van der Waals surface area contributed by atoms with Crippen molar-refractivity contribution in [3.8, 4) is 11.1 Å². The summed E-state index contributed by atoms with van der Waals surface area (Å²) in [6.45, 7) is 1.65. The number of nitrogens with zero attached hydrogens (tertiary/aromatic N) is 3. The van der Waals surface area contributed by atoms with Gasteiger partial charge in [-0.05, 0) is 85.3 Å². The molecule has 2 aromatic carbocycles. The van der Waals surface area contributed by atoms with Crippen molar-refractivity contribution in [2.24, 2.45) is 0 Å². The van der Waals surface area contributed by atoms with Gasteiger partial charge in [0.1, 0.15) is 5.82 Å². The minimum atomic E-state index is -4.31. The number of fused-ring (bicyclic) bond motifs is 1. The first kappa shape index (κ1) is 26.1. The lowest BCUT2D eigenvalue weighted by molar-refractivity contribution is -0.137. The number of halogens is 3. The van der Waals surface area contributed by atoms with Gasteiger partial charge in [0.2, 0.25) is 0 Å². The fraction of sp³-hybridized carbons (Fsp3) is 0.400. The summed E-state index contributed by atoms with van der Waals surface area (Å²) in [5, 5.41) is 7.63. The minimum absolute atomic E-state index is 0.268. The van der Waals surface area contributed by atoms with Crippen LogP contribution in [0.15, 0.2) is 66.3 Å². The minimum Gasteiger partial charge on any atom is -0.370 e. The SMILES string of the molecule is FC(F)(F)c1ccc(N2CCC[C@H](N[C@@H]3CCCC[C@H]3Nc3cc(-c4ccc5scnc5c4)ccn3)C2)cc1. The zero-order valence-electron chi connectivity index (χ0n) is 21.6. The maximum Gasteiger partial charge on any atom is 0.416 e. The van der Waals surface area contributed by atoms with Gasteiger partial charge in [0.05, 0.1) is 21.3 Å². The van der Waals surface area contributed by atoms with Gasteiger partial charge in [-0.2, -0.15) is 13.2 Å². The molecule has 2 aromatic heterocycles. The molecule has 1 saturated carbocycles. The number of benzene rings is 2. The van der Waals surface area contributed by atoms with E-state index in [-0.39, 0.29) is 12.1 Å². The van der Waals surface area contributed by atoms with Crippen LogP contribution in [0.4, 0.5) is 24.7 Å². The number of piperidine rings is 1. The number of rotatable bonds is 6. The first-order chi connectivity index (χ1) is 18.9. The third kappa shape index (κ3) is 6.04. The van der Waals surface area contributed by atoms with E-state index in [1.807, 2.05) is 17.8 Å². The second-order valence-electron chi connectivity index (χ2n) is 10.6. The van der Waals surface area contributed by atoms with E-state index in [0.29, 0.717) is 6.04 Å². The second-order valence-corrected chi connectivity index (χ2v) is 11.5. The van der Waals surface area contributed by atoms with Gasteiger partial charge < -0.3 is 15.5 Å². The van der Waals surface area contributed by atoms with Crippen LogP contribution in [0.25, 0.3) is 21.3 Å². The first-order valence-corrected chi connectivity index (χ1v) is 14.5. The Morgan fingerprint density at radius 1 is 0.846 bits per heavy atom. The molecule has 1 aliphatic carbocycles. The molecule has 2 aliphatic rings. The van der Waals surface area contributed by atoms with Crippen molar-refractivity contribution in [3.63, 3.8) is 0 Å². The van der Waals surface area contributed by atoms with Crippen LogP contribution in [0.1, 0.15) is 44.1 Å². The van der Waals surface area contributed by atoms with E-state index in [2.05, 4.69) is 49.8 Å². The van der Waals surface area contributed by atoms with Crippen molar-refractivity contribution >= 4 is 33.1 Å². The van der Waals surface area contributed by atoms with Crippen LogP contribution >= 0.6 is 11.3 Å². The molecule has 6 rings (SSSR count). The van der Waals surface area contributed by atoms with Crippen LogP contribution in [-0.2, 0) is 6.18 Å². The van der Waals surface area contributed by atoms with E-state index in [1.54, 1.807) is 23.5 Å². The lowest BCUT2D eigenvalue weighted by atomic mass is 9.89. The zero-order chi connectivity index (χ0) is 26.8. The molecule has 0 radical (unpaired) electrons. The standard InChI is InChI=1S/C30H32F3N5S/c31-30(32,33)22-8-10-24(11-9-22)38-15-3-4-23(18-38)36-25-5-1-2-6-26(25)37-29-17-21(13-14-34-29)20-7-12-28-27(16-20)35-19-39-28/h7-14,16-17,19,23,25-26,36H,1-6,15,18H2,(H,34,37)/t23-,25+,26+/m0/s1. The molecule has 39 heavy (non-hydrogen) atoms. The lowest BCUT2D eigenvalue weighted by Crippen LogP contribution is -2.55. The largest absolute Gasteiger partial charge is 0.416 e. The van der Waals surface area contributed by atoms with Gasteiger partial charge in [0, 0.05) is 43.1 Å². The van der Waals surface area contributed by atoms with Gasteiger partial charge in [-0.25, -0.2) is 9.97 Å². The molecular formula is C30H32F3N5S. The topological polar surface area (TPSA) is 53.1 Å². The Bertz CT molecular complexity index is 1400. The van der Waals surface area contributed by atoms with Crippen molar-refractivity contribution < 1.29 is 13.2 Å². The van der Waals surface area contributed by atoms with Gasteiger partial charge in [-0.15, -0.1) is 11.3 Å². The lowest BCUT2D eigenvalue weighted by Gasteiger charge is -2.40. The Morgan fingerprint density at radius 3 is 2.46 bits per heavy atom. The van der Waals surface area contributed by atoms with Gasteiger partial charge in [-0.3, -0.25) is 0 Å². The fourth-order valence-electron chi connectivity index (χ4n) is 5.93. The predicted octanol–water partition coefficient (Wildman–Crippen LogP) is 7.36. The van der Waals surface area contributed by atoms with E-state index >= 15 is 0 Å². The third-order valence-corrected chi connectivity index (χ3v) is 8.76. The summed E-state index contributed by atoms with van der Waals surface area (Å²) in [4.78, 5) is 11.3. The number of alkyl halides is 3. The molecule has 3 heterocycles. The van der Waals surface area contributed by atoms with Crippen molar-refractivity contribution in [1.29, 1.82) is 0 Å². The average Bonchev–Trinajstić information content (AvgIpc) is 3.42. The average molecular weight is 552 g/mol. The highest BCUT2D eigenvalue weighted by Gasteiger charge is 2.32. The van der Waals surface area contributed by atoms with Gasteiger partial charge in [0.25, 0.3) is 0 Å². The molecule has 4 aromatic rings. The maximum absolute atomic E-state index is 13.0. The first-order valence-electron chi connectivity index (χ1n) is 13.7. The zero-order valence-corrected chi connectivity index (χ0v) is 22.4. The van der Waals surface area contributed by atoms with E-state index in [0.717, 1.165) is 66.9 Å². The van der Waals surface area contributed by atoms with E-state index < -0.39 is 11.7 Å². The number of aromatic nitrogens is 2. The van der Waals surface area contributed by atoms with Gasteiger partial charge in [-0.1, -0.05) is 18.9 Å². The summed E-state index contributed by atoms with van der Waals surface area (Å²) in [7, 11) is 0. The van der Waals surface area contributed by atoms with Crippen LogP contribution in [0.5, 0.6) is 0 Å². The number of pyridine rings is 1. The van der Waals surface area contributed by atoms with Crippen LogP contribution in [0.3, 0.4) is 0 Å². The molecular weight excluding hydrogens is 519 g/mol. The molecule has 0 amide bonds. The van der Waals surface area contributed by atoms with Crippen LogP contribution in [0.2, 0.25) is 0 Å². The Kier molecular flexibility index (Phi) is 7.44. The maximum atomic E-state index is 13.0. The van der Waals surface area contributed by atoms with Gasteiger partial charge in [0.15, 0.2) is 0 Å². The quantitative estimate of drug-likeness (QED) is 0.262. The van der Waals surface area contributed by atoms with Crippen molar-refractivity contribution in [3.05, 3.63) is 71.9 Å². The van der Waals surface area contributed by atoms with Crippen LogP contribution < -0.4 is 15.5 Å². The Balaban J connectivity index is 1.12. The smallest absolute Gasteiger partial charge is 0.370 e. The summed E-state index contributed by atoms with van der Waals surface area (Å²) in [6, 6.07) is 17.0. The van der Waals surface area contributed by atoms with E-state index in [4.69, 9.17) is 0 Å². The predicted molar refractivity (Wildman–Crippen MR) is 152 cm³/mol. The van der Waals surface area contributed by atoms with Crippen molar-refractivity contribution in [2.45, 2.75) is 62.8 Å². The summed E-state index contributed by atoms with van der Waals surface area (Å²) >= 11 is 1.65. The summed E-state index contributed by atoms with van der Waals surface area (Å²) in [5.41, 5.74) is 5.38. The summed E-state index contributed by atoms with van der Waals surface area (Å²) in [5.74, 6) is 0.875. The molecule has 204 valence electrons. The van der Waals surface area contributed by atoms with Crippen LogP contribution in [-0.4, -0.2) is 41.2 Å². The molecule has 1 saturated heterocycles. The van der Waals surface area contributed by atoms with E-state index in [1.165, 1.54) is 29.7 Å². The summed E-state index contributed by atoms with van der Waals surface area (Å²) in [6.07, 6.45) is 4.15. The monoisotopic (exact) mass is 551 g/mol. The summed E-state index contributed by atoms with van der Waals surface area (Å²) < 4.78 is 40.2. The van der Waals surface area contributed by atoms with Crippen molar-refractivity contribution in [2.75, 3.05) is 23.3 Å². The van der Waals surface area contributed by atoms with E-state index in [9.17, 15) is 13.2 Å². The Labute approximate surface area is 230 Å². The highest BCUT2D eigenvalue weighted by molar-refractivity contribution is 7.16. The third-order valence-electron chi connectivity index (χ3n) is 7.95. The fourth-order valence-corrected chi connectivity index (χ4v) is 6.59. The number of hydrogen-bond acceptors (Lipinski definition) is 6. The molecule has 0 bridgehead atoms. The Hall–Kier alpha value is -3.17. The number of hydrogen-bond donors (Lipinski definition) is 2. The molecule has 5 nitrogen and oxygen atoms in total. The van der Waals surface area contributed by atoms with Crippen molar-refractivity contribution in [1.82, 2.24) is 15.3 Å². The molecule has 2 N–H and O–H groups in total. The number of nitrogens with one attached hydrogen (secondary N) is 2. The number of thiazole rings is 1. The highest BCUT2D eigenvalue weighted by atomic mass is 32.1. The number of anilines is 2. The molecule has 1 aliphatic heterocycles. The van der Waals surface area contributed by atoms with Gasteiger partial charge >= 0.3 is 6.18 Å². The molecule has 3 atom stereocenters. The molecule has 0 unspecified atom stereocenters.